The molecule has 0 aliphatic rings. The van der Waals surface area contributed by atoms with Crippen LogP contribution in [-0.4, -0.2) is 26.9 Å². The number of carbonyl (C=O) groups excluding carboxylic acids is 1. The van der Waals surface area contributed by atoms with E-state index in [2.05, 4.69) is 20.7 Å². The molecule has 0 unspecified atom stereocenters. The van der Waals surface area contributed by atoms with Gasteiger partial charge in [0.2, 0.25) is 0 Å². The minimum Gasteiger partial charge on any atom is -0.507 e. The summed E-state index contributed by atoms with van der Waals surface area (Å²) in [4.78, 5) is 12.4. The molecule has 7 nitrogen and oxygen atoms in total. The molecular formula is C25H21ClN4O3. The van der Waals surface area contributed by atoms with Gasteiger partial charge in [-0.15, -0.1) is 0 Å². The Bertz CT molecular complexity index is 1280. The summed E-state index contributed by atoms with van der Waals surface area (Å²) in [5, 5.41) is 21.6. The first-order chi connectivity index (χ1) is 16.0. The van der Waals surface area contributed by atoms with E-state index in [1.807, 2.05) is 48.5 Å². The van der Waals surface area contributed by atoms with Crippen LogP contribution in [-0.2, 0) is 6.61 Å². The smallest absolute Gasteiger partial charge is 0.289 e. The maximum Gasteiger partial charge on any atom is 0.289 e. The highest BCUT2D eigenvalue weighted by Crippen LogP contribution is 2.22. The van der Waals surface area contributed by atoms with Crippen molar-refractivity contribution in [3.8, 4) is 22.8 Å². The zero-order valence-electron chi connectivity index (χ0n) is 17.7. The molecular weight excluding hydrogens is 440 g/mol. The maximum atomic E-state index is 12.4. The fourth-order valence-corrected chi connectivity index (χ4v) is 3.22. The van der Waals surface area contributed by atoms with Crippen LogP contribution in [0.5, 0.6) is 11.5 Å². The second-order valence-corrected chi connectivity index (χ2v) is 7.70. The SMILES string of the molecule is C/C(=N/NC(=O)c1cc(-c2ccc(OCc3ccc(Cl)cc3)cc2)n[nH]1)c1ccccc1O. The van der Waals surface area contributed by atoms with E-state index in [1.54, 1.807) is 37.3 Å². The first-order valence-corrected chi connectivity index (χ1v) is 10.5. The van der Waals surface area contributed by atoms with E-state index in [0.717, 1.165) is 16.9 Å². The molecule has 33 heavy (non-hydrogen) atoms. The van der Waals surface area contributed by atoms with Gasteiger partial charge >= 0.3 is 0 Å². The molecule has 0 atom stereocenters. The highest BCUT2D eigenvalue weighted by atomic mass is 35.5. The Kier molecular flexibility index (Phi) is 6.71. The summed E-state index contributed by atoms with van der Waals surface area (Å²) in [6.07, 6.45) is 0. The Morgan fingerprint density at radius 2 is 1.82 bits per heavy atom. The summed E-state index contributed by atoms with van der Waals surface area (Å²) in [6.45, 7) is 2.13. The third kappa shape index (κ3) is 5.58. The van der Waals surface area contributed by atoms with Gasteiger partial charge in [0.05, 0.1) is 11.4 Å². The highest BCUT2D eigenvalue weighted by Gasteiger charge is 2.12. The second-order valence-electron chi connectivity index (χ2n) is 7.26. The molecule has 4 rings (SSSR count). The fourth-order valence-electron chi connectivity index (χ4n) is 3.09. The average molecular weight is 461 g/mol. The molecule has 8 heteroatoms. The molecule has 0 aliphatic carbocycles. The largest absolute Gasteiger partial charge is 0.507 e. The van der Waals surface area contributed by atoms with Gasteiger partial charge in [-0.25, -0.2) is 5.43 Å². The summed E-state index contributed by atoms with van der Waals surface area (Å²) >= 11 is 5.90. The predicted octanol–water partition coefficient (Wildman–Crippen LogP) is 5.17. The number of amides is 1. The third-order valence-electron chi connectivity index (χ3n) is 4.91. The molecule has 0 saturated carbocycles. The van der Waals surface area contributed by atoms with Gasteiger partial charge in [-0.1, -0.05) is 35.9 Å². The number of nitrogens with zero attached hydrogens (tertiary/aromatic N) is 2. The average Bonchev–Trinajstić information content (AvgIpc) is 3.33. The Labute approximate surface area is 195 Å². The van der Waals surface area contributed by atoms with Crippen molar-refractivity contribution in [3.05, 3.63) is 101 Å². The van der Waals surface area contributed by atoms with E-state index in [4.69, 9.17) is 16.3 Å². The Hall–Kier alpha value is -4.10. The van der Waals surface area contributed by atoms with Crippen molar-refractivity contribution < 1.29 is 14.6 Å². The van der Waals surface area contributed by atoms with E-state index >= 15 is 0 Å². The quantitative estimate of drug-likeness (QED) is 0.261. The summed E-state index contributed by atoms with van der Waals surface area (Å²) in [5.74, 6) is 0.375. The van der Waals surface area contributed by atoms with Crippen molar-refractivity contribution in [2.24, 2.45) is 5.10 Å². The van der Waals surface area contributed by atoms with Crippen LogP contribution in [0.2, 0.25) is 5.02 Å². The Morgan fingerprint density at radius 3 is 2.55 bits per heavy atom. The minimum absolute atomic E-state index is 0.0948. The molecule has 3 N–H and O–H groups in total. The van der Waals surface area contributed by atoms with Crippen LogP contribution >= 0.6 is 11.6 Å². The first kappa shape index (κ1) is 22.1. The van der Waals surface area contributed by atoms with Crippen LogP contribution in [0.15, 0.2) is 84.0 Å². The van der Waals surface area contributed by atoms with Crippen LogP contribution in [0.4, 0.5) is 0 Å². The molecule has 1 aromatic heterocycles. The number of phenolic OH excluding ortho intramolecular Hbond substituents is 1. The molecule has 1 heterocycles. The van der Waals surface area contributed by atoms with E-state index in [0.29, 0.717) is 28.6 Å². The van der Waals surface area contributed by atoms with Gasteiger partial charge in [0, 0.05) is 16.1 Å². The number of para-hydroxylation sites is 1. The number of nitrogens with one attached hydrogen (secondary N) is 2. The standard InChI is InChI=1S/C25H21ClN4O3/c1-16(21-4-2-3-5-24(21)31)27-30-25(32)23-14-22(28-29-23)18-8-12-20(13-9-18)33-15-17-6-10-19(26)11-7-17/h2-14,31H,15H2,1H3,(H,28,29)(H,30,32)/b27-16-. The lowest BCUT2D eigenvalue weighted by Gasteiger charge is -2.07. The van der Waals surface area contributed by atoms with Crippen LogP contribution in [0.25, 0.3) is 11.3 Å². The summed E-state index contributed by atoms with van der Waals surface area (Å²) in [5.41, 5.74) is 6.23. The van der Waals surface area contributed by atoms with Gasteiger partial charge in [-0.05, 0) is 67.1 Å². The van der Waals surface area contributed by atoms with E-state index in [-0.39, 0.29) is 11.4 Å². The number of ether oxygens (including phenoxy) is 1. The number of hydrogen-bond donors (Lipinski definition) is 3. The number of H-pyrrole nitrogens is 1. The number of aromatic nitrogens is 2. The molecule has 166 valence electrons. The lowest BCUT2D eigenvalue weighted by molar-refractivity contribution is 0.0950. The Morgan fingerprint density at radius 1 is 1.09 bits per heavy atom. The van der Waals surface area contributed by atoms with Gasteiger partial charge in [0.25, 0.3) is 5.91 Å². The molecule has 0 fully saturated rings. The molecule has 0 aliphatic heterocycles. The van der Waals surface area contributed by atoms with E-state index in [1.165, 1.54) is 0 Å². The van der Waals surface area contributed by atoms with Gasteiger partial charge < -0.3 is 9.84 Å². The Balaban J connectivity index is 1.37. The third-order valence-corrected chi connectivity index (χ3v) is 5.16. The van der Waals surface area contributed by atoms with E-state index < -0.39 is 5.91 Å². The topological polar surface area (TPSA) is 99.6 Å². The van der Waals surface area contributed by atoms with Crippen LogP contribution in [0.1, 0.15) is 28.5 Å². The number of aromatic hydroxyl groups is 1. The minimum atomic E-state index is -0.438. The van der Waals surface area contributed by atoms with Crippen LogP contribution in [0, 0.1) is 0 Å². The van der Waals surface area contributed by atoms with Gasteiger partial charge in [-0.2, -0.15) is 10.2 Å². The molecule has 3 aromatic carbocycles. The zero-order chi connectivity index (χ0) is 23.2. The monoisotopic (exact) mass is 460 g/mol. The highest BCUT2D eigenvalue weighted by molar-refractivity contribution is 6.30. The summed E-state index contributed by atoms with van der Waals surface area (Å²) < 4.78 is 5.80. The molecule has 0 radical (unpaired) electrons. The first-order valence-electron chi connectivity index (χ1n) is 10.2. The second kappa shape index (κ2) is 10.0. The molecule has 1 amide bonds. The van der Waals surface area contributed by atoms with Crippen LogP contribution in [0.3, 0.4) is 0 Å². The van der Waals surface area contributed by atoms with Crippen molar-refractivity contribution in [2.75, 3.05) is 0 Å². The van der Waals surface area contributed by atoms with Crippen molar-refractivity contribution in [1.29, 1.82) is 0 Å². The number of hydrogen-bond acceptors (Lipinski definition) is 5. The normalized spacial score (nSPS) is 11.3. The number of carbonyl (C=O) groups is 1. The number of aromatic amines is 1. The molecule has 0 spiro atoms. The zero-order valence-corrected chi connectivity index (χ0v) is 18.5. The lowest BCUT2D eigenvalue weighted by atomic mass is 10.1. The summed E-state index contributed by atoms with van der Waals surface area (Å²) in [7, 11) is 0. The lowest BCUT2D eigenvalue weighted by Crippen LogP contribution is -2.19. The summed E-state index contributed by atoms with van der Waals surface area (Å²) in [6, 6.07) is 23.3. The van der Waals surface area contributed by atoms with Crippen molar-refractivity contribution in [1.82, 2.24) is 15.6 Å². The number of hydrazone groups is 1. The number of phenols is 1. The molecule has 0 bridgehead atoms. The van der Waals surface area contributed by atoms with Crippen molar-refractivity contribution >= 4 is 23.2 Å². The number of rotatable bonds is 7. The van der Waals surface area contributed by atoms with Gasteiger partial charge in [0.15, 0.2) is 0 Å². The molecule has 0 saturated heterocycles. The number of halogens is 1. The number of benzene rings is 3. The van der Waals surface area contributed by atoms with Gasteiger partial charge in [-0.3, -0.25) is 9.89 Å². The van der Waals surface area contributed by atoms with Crippen molar-refractivity contribution in [2.45, 2.75) is 13.5 Å². The molecule has 4 aromatic rings. The predicted molar refractivity (Wildman–Crippen MR) is 128 cm³/mol. The maximum absolute atomic E-state index is 12.4. The van der Waals surface area contributed by atoms with Crippen LogP contribution < -0.4 is 10.2 Å². The van der Waals surface area contributed by atoms with Gasteiger partial charge in [0.1, 0.15) is 23.8 Å². The fraction of sp³-hybridized carbons (Fsp3) is 0.0800. The van der Waals surface area contributed by atoms with E-state index in [9.17, 15) is 9.90 Å². The van der Waals surface area contributed by atoms with Crippen molar-refractivity contribution in [3.63, 3.8) is 0 Å².